The summed E-state index contributed by atoms with van der Waals surface area (Å²) in [7, 11) is -1.33. The Bertz CT molecular complexity index is 360. The smallest absolute Gasteiger partial charge is 0.129 e. The Labute approximate surface area is 101 Å². The van der Waals surface area contributed by atoms with Gasteiger partial charge in [-0.3, -0.25) is 0 Å². The van der Waals surface area contributed by atoms with Crippen LogP contribution >= 0.6 is 0 Å². The Morgan fingerprint density at radius 2 is 1.88 bits per heavy atom. The Kier molecular flexibility index (Phi) is 3.71. The molecule has 1 aliphatic rings. The molecule has 90 valence electrons. The summed E-state index contributed by atoms with van der Waals surface area (Å²) in [6.45, 7) is 13.2. The van der Waals surface area contributed by atoms with Crippen LogP contribution in [0.4, 0.5) is 0 Å². The molecule has 16 heavy (non-hydrogen) atoms. The first-order valence-corrected chi connectivity index (χ1v) is 9.56. The molecule has 2 heteroatoms. The minimum absolute atomic E-state index is 0.135. The second kappa shape index (κ2) is 4.39. The summed E-state index contributed by atoms with van der Waals surface area (Å²) in [5.74, 6) is 3.36. The summed E-state index contributed by atoms with van der Waals surface area (Å²) < 4.78 is 0. The highest BCUT2D eigenvalue weighted by Crippen LogP contribution is 2.39. The molecule has 1 nitrogen and oxygen atoms in total. The fourth-order valence-corrected chi connectivity index (χ4v) is 2.56. The maximum atomic E-state index is 9.90. The van der Waals surface area contributed by atoms with Crippen LogP contribution in [0.5, 0.6) is 0 Å². The second-order valence-corrected chi connectivity index (χ2v) is 11.2. The van der Waals surface area contributed by atoms with E-state index >= 15 is 0 Å². The Morgan fingerprint density at radius 1 is 1.31 bits per heavy atom. The number of aliphatic hydroxyl groups is 1. The first-order chi connectivity index (χ1) is 7.13. The van der Waals surface area contributed by atoms with Gasteiger partial charge in [-0.25, -0.2) is 0 Å². The molecule has 1 N–H and O–H groups in total. The van der Waals surface area contributed by atoms with Crippen molar-refractivity contribution in [2.75, 3.05) is 0 Å². The van der Waals surface area contributed by atoms with Gasteiger partial charge in [0.15, 0.2) is 0 Å². The average Bonchev–Trinajstić information content (AvgIpc) is 2.10. The van der Waals surface area contributed by atoms with Gasteiger partial charge in [0.05, 0.1) is 6.10 Å². The second-order valence-electron chi connectivity index (χ2n) is 6.50. The fourth-order valence-electron chi connectivity index (χ4n) is 2.06. The van der Waals surface area contributed by atoms with Gasteiger partial charge >= 0.3 is 0 Å². The largest absolute Gasteiger partial charge is 0.389 e. The van der Waals surface area contributed by atoms with Gasteiger partial charge in [0.2, 0.25) is 0 Å². The van der Waals surface area contributed by atoms with Crippen LogP contribution in [0.15, 0.2) is 11.1 Å². The lowest BCUT2D eigenvalue weighted by Crippen LogP contribution is -2.28. The van der Waals surface area contributed by atoms with E-state index in [1.54, 1.807) is 0 Å². The Hall–Kier alpha value is -0.523. The Morgan fingerprint density at radius 3 is 2.38 bits per heavy atom. The molecule has 0 saturated heterocycles. The molecule has 0 aromatic heterocycles. The first-order valence-electron chi connectivity index (χ1n) is 6.06. The van der Waals surface area contributed by atoms with Crippen molar-refractivity contribution in [3.05, 3.63) is 11.1 Å². The zero-order chi connectivity index (χ0) is 12.6. The third-order valence-corrected chi connectivity index (χ3v) is 4.05. The number of rotatable bonds is 0. The van der Waals surface area contributed by atoms with Gasteiger partial charge < -0.3 is 5.11 Å². The van der Waals surface area contributed by atoms with Crippen molar-refractivity contribution in [3.8, 4) is 11.5 Å². The normalized spacial score (nSPS) is 25.1. The van der Waals surface area contributed by atoms with E-state index in [1.807, 2.05) is 6.92 Å². The van der Waals surface area contributed by atoms with Gasteiger partial charge in [-0.05, 0) is 30.8 Å². The van der Waals surface area contributed by atoms with Crippen LogP contribution in [-0.4, -0.2) is 19.3 Å². The molecule has 0 aromatic carbocycles. The molecule has 0 amide bonds. The quantitative estimate of drug-likeness (QED) is 0.505. The highest BCUT2D eigenvalue weighted by atomic mass is 28.3. The predicted octanol–water partition coefficient (Wildman–Crippen LogP) is 3.36. The van der Waals surface area contributed by atoms with Crippen molar-refractivity contribution < 1.29 is 5.11 Å². The minimum atomic E-state index is -1.33. The average molecular weight is 236 g/mol. The minimum Gasteiger partial charge on any atom is -0.389 e. The van der Waals surface area contributed by atoms with Crippen LogP contribution in [0.25, 0.3) is 0 Å². The van der Waals surface area contributed by atoms with Gasteiger partial charge in [0.25, 0.3) is 0 Å². The molecule has 0 aliphatic heterocycles. The number of allylic oxidation sites excluding steroid dienone is 1. The third-order valence-electron chi connectivity index (χ3n) is 3.18. The maximum Gasteiger partial charge on any atom is 0.129 e. The lowest BCUT2D eigenvalue weighted by atomic mass is 9.72. The first kappa shape index (κ1) is 13.5. The third kappa shape index (κ3) is 3.23. The highest BCUT2D eigenvalue weighted by Gasteiger charge is 2.31. The van der Waals surface area contributed by atoms with E-state index in [-0.39, 0.29) is 11.5 Å². The predicted molar refractivity (Wildman–Crippen MR) is 72.8 cm³/mol. The molecule has 0 spiro atoms. The summed E-state index contributed by atoms with van der Waals surface area (Å²) >= 11 is 0. The SMILES string of the molecule is CC1=C(C#C[Si](C)(C)C)C(C)(C)CCC1O. The summed E-state index contributed by atoms with van der Waals surface area (Å²) in [6, 6.07) is 0. The van der Waals surface area contributed by atoms with E-state index < -0.39 is 8.07 Å². The van der Waals surface area contributed by atoms with Crippen LogP contribution < -0.4 is 0 Å². The monoisotopic (exact) mass is 236 g/mol. The van der Waals surface area contributed by atoms with E-state index in [0.717, 1.165) is 18.4 Å². The molecule has 0 fully saturated rings. The Balaban J connectivity index is 3.14. The molecule has 0 saturated carbocycles. The van der Waals surface area contributed by atoms with Crippen molar-refractivity contribution in [1.29, 1.82) is 0 Å². The standard InChI is InChI=1S/C14H24OSi/c1-11-12(8-10-16(4,5)6)14(2,3)9-7-13(11)15/h13,15H,7,9H2,1-6H3. The van der Waals surface area contributed by atoms with Gasteiger partial charge in [-0.2, -0.15) is 0 Å². The van der Waals surface area contributed by atoms with Crippen molar-refractivity contribution in [2.45, 2.75) is 59.4 Å². The van der Waals surface area contributed by atoms with Crippen molar-refractivity contribution in [2.24, 2.45) is 5.41 Å². The lowest BCUT2D eigenvalue weighted by molar-refractivity contribution is 0.163. The van der Waals surface area contributed by atoms with Crippen LogP contribution in [0, 0.1) is 16.9 Å². The van der Waals surface area contributed by atoms with E-state index in [0.29, 0.717) is 0 Å². The zero-order valence-electron chi connectivity index (χ0n) is 11.4. The maximum absolute atomic E-state index is 9.90. The van der Waals surface area contributed by atoms with Crippen molar-refractivity contribution >= 4 is 8.07 Å². The van der Waals surface area contributed by atoms with Crippen molar-refractivity contribution in [3.63, 3.8) is 0 Å². The molecular formula is C14H24OSi. The molecule has 1 atom stereocenters. The fraction of sp³-hybridized carbons (Fsp3) is 0.714. The molecule has 1 unspecified atom stereocenters. The summed E-state index contributed by atoms with van der Waals surface area (Å²) in [6.07, 6.45) is 1.62. The number of aliphatic hydroxyl groups excluding tert-OH is 1. The molecule has 0 aromatic rings. The van der Waals surface area contributed by atoms with Gasteiger partial charge in [0, 0.05) is 5.57 Å². The molecule has 0 heterocycles. The highest BCUT2D eigenvalue weighted by molar-refractivity contribution is 6.83. The van der Waals surface area contributed by atoms with E-state index in [9.17, 15) is 5.11 Å². The molecular weight excluding hydrogens is 212 g/mol. The molecule has 0 radical (unpaired) electrons. The summed E-state index contributed by atoms with van der Waals surface area (Å²) in [4.78, 5) is 0. The van der Waals surface area contributed by atoms with E-state index in [4.69, 9.17) is 0 Å². The molecule has 1 rings (SSSR count). The van der Waals surface area contributed by atoms with Gasteiger partial charge in [-0.1, -0.05) is 39.4 Å². The summed E-state index contributed by atoms with van der Waals surface area (Å²) in [5, 5.41) is 9.90. The zero-order valence-corrected chi connectivity index (χ0v) is 12.4. The van der Waals surface area contributed by atoms with Crippen LogP contribution in [0.3, 0.4) is 0 Å². The van der Waals surface area contributed by atoms with Crippen LogP contribution in [0.2, 0.25) is 19.6 Å². The topological polar surface area (TPSA) is 20.2 Å². The number of hydrogen-bond acceptors (Lipinski definition) is 1. The van der Waals surface area contributed by atoms with Crippen molar-refractivity contribution in [1.82, 2.24) is 0 Å². The van der Waals surface area contributed by atoms with Crippen LogP contribution in [0.1, 0.15) is 33.6 Å². The molecule has 1 aliphatic carbocycles. The summed E-state index contributed by atoms with van der Waals surface area (Å²) in [5.41, 5.74) is 5.81. The van der Waals surface area contributed by atoms with E-state index in [1.165, 1.54) is 5.57 Å². The number of hydrogen-bond donors (Lipinski definition) is 1. The van der Waals surface area contributed by atoms with Gasteiger partial charge in [-0.15, -0.1) is 5.54 Å². The van der Waals surface area contributed by atoms with Gasteiger partial charge in [0.1, 0.15) is 8.07 Å². The van der Waals surface area contributed by atoms with E-state index in [2.05, 4.69) is 45.0 Å². The lowest BCUT2D eigenvalue weighted by Gasteiger charge is -2.34. The van der Waals surface area contributed by atoms with Crippen LogP contribution in [-0.2, 0) is 0 Å². The molecule has 0 bridgehead atoms.